The quantitative estimate of drug-likeness (QED) is 0.681. The number of nitrogens with one attached hydrogen (secondary N) is 2. The van der Waals surface area contributed by atoms with Crippen molar-refractivity contribution in [3.05, 3.63) is 47.3 Å². The van der Waals surface area contributed by atoms with Crippen molar-refractivity contribution in [3.8, 4) is 5.88 Å². The van der Waals surface area contributed by atoms with Gasteiger partial charge in [0.1, 0.15) is 5.82 Å². The van der Waals surface area contributed by atoms with E-state index in [9.17, 15) is 22.8 Å². The number of carbonyl (C=O) groups is 2. The second kappa shape index (κ2) is 9.10. The highest BCUT2D eigenvalue weighted by Crippen LogP contribution is 2.30. The summed E-state index contributed by atoms with van der Waals surface area (Å²) in [6.45, 7) is 0.490. The van der Waals surface area contributed by atoms with Crippen LogP contribution in [0.1, 0.15) is 41.3 Å². The van der Waals surface area contributed by atoms with E-state index in [0.717, 1.165) is 12.8 Å². The predicted molar refractivity (Wildman–Crippen MR) is 102 cm³/mol. The van der Waals surface area contributed by atoms with Gasteiger partial charge >= 0.3 is 6.18 Å². The lowest BCUT2D eigenvalue weighted by Crippen LogP contribution is -2.24. The molecule has 0 saturated heterocycles. The van der Waals surface area contributed by atoms with E-state index in [4.69, 9.17) is 4.74 Å². The molecule has 10 heteroatoms. The van der Waals surface area contributed by atoms with Crippen LogP contribution in [-0.4, -0.2) is 34.6 Å². The van der Waals surface area contributed by atoms with Crippen molar-refractivity contribution in [2.24, 2.45) is 5.92 Å². The van der Waals surface area contributed by atoms with Gasteiger partial charge in [-0.25, -0.2) is 9.97 Å². The molecule has 30 heavy (non-hydrogen) atoms. The number of alkyl halides is 3. The molecule has 1 fully saturated rings. The number of amides is 2. The van der Waals surface area contributed by atoms with E-state index in [2.05, 4.69) is 20.6 Å². The second-order valence-corrected chi connectivity index (χ2v) is 6.94. The average molecular weight is 422 g/mol. The van der Waals surface area contributed by atoms with Crippen molar-refractivity contribution >= 4 is 17.6 Å². The summed E-state index contributed by atoms with van der Waals surface area (Å²) in [5.41, 5.74) is 1.46. The molecule has 2 heterocycles. The summed E-state index contributed by atoms with van der Waals surface area (Å²) in [6.07, 6.45) is 0.497. The summed E-state index contributed by atoms with van der Waals surface area (Å²) in [7, 11) is 0. The molecule has 0 unspecified atom stereocenters. The van der Waals surface area contributed by atoms with E-state index < -0.39 is 12.8 Å². The van der Waals surface area contributed by atoms with E-state index in [1.54, 1.807) is 13.0 Å². The molecule has 1 saturated carbocycles. The maximum absolute atomic E-state index is 12.4. The first kappa shape index (κ1) is 21.5. The molecule has 2 aromatic heterocycles. The number of rotatable bonds is 8. The van der Waals surface area contributed by atoms with Crippen LogP contribution >= 0.6 is 0 Å². The van der Waals surface area contributed by atoms with Gasteiger partial charge in [0.25, 0.3) is 5.91 Å². The zero-order valence-electron chi connectivity index (χ0n) is 16.3. The number of nitrogens with zero attached hydrogens (tertiary/aromatic N) is 2. The Morgan fingerprint density at radius 3 is 2.67 bits per heavy atom. The number of hydrogen-bond donors (Lipinski definition) is 2. The normalized spacial score (nSPS) is 13.6. The van der Waals surface area contributed by atoms with Gasteiger partial charge in [-0.15, -0.1) is 0 Å². The molecule has 0 radical (unpaired) electrons. The highest BCUT2D eigenvalue weighted by atomic mass is 19.4. The highest BCUT2D eigenvalue weighted by Gasteiger charge is 2.30. The Kier molecular flexibility index (Phi) is 6.53. The SMILES string of the molecule is CCc1cc(CNC(=O)c2ccnc(NC(=O)C3CC3)c2)cnc1OCC(F)(F)F. The fraction of sp³-hybridized carbons (Fsp3) is 0.400. The van der Waals surface area contributed by atoms with Gasteiger partial charge in [-0.3, -0.25) is 9.59 Å². The third kappa shape index (κ3) is 6.16. The van der Waals surface area contributed by atoms with Gasteiger partial charge < -0.3 is 15.4 Å². The summed E-state index contributed by atoms with van der Waals surface area (Å²) in [6, 6.07) is 4.65. The van der Waals surface area contributed by atoms with Crippen molar-refractivity contribution in [2.75, 3.05) is 11.9 Å². The molecule has 0 aliphatic heterocycles. The van der Waals surface area contributed by atoms with Crippen LogP contribution in [0.15, 0.2) is 30.6 Å². The van der Waals surface area contributed by atoms with Crippen LogP contribution < -0.4 is 15.4 Å². The van der Waals surface area contributed by atoms with E-state index in [1.807, 2.05) is 0 Å². The molecule has 2 amide bonds. The summed E-state index contributed by atoms with van der Waals surface area (Å²) in [5.74, 6) is -0.232. The van der Waals surface area contributed by atoms with Crippen LogP contribution in [0.2, 0.25) is 0 Å². The number of aryl methyl sites for hydroxylation is 1. The lowest BCUT2D eigenvalue weighted by molar-refractivity contribution is -0.154. The van der Waals surface area contributed by atoms with E-state index in [-0.39, 0.29) is 30.2 Å². The molecule has 7 nitrogen and oxygen atoms in total. The van der Waals surface area contributed by atoms with Gasteiger partial charge in [-0.2, -0.15) is 13.2 Å². The summed E-state index contributed by atoms with van der Waals surface area (Å²) < 4.78 is 41.8. The Morgan fingerprint density at radius 2 is 2.00 bits per heavy atom. The lowest BCUT2D eigenvalue weighted by atomic mass is 10.1. The van der Waals surface area contributed by atoms with Crippen LogP contribution in [-0.2, 0) is 17.8 Å². The average Bonchev–Trinajstić information content (AvgIpc) is 3.55. The fourth-order valence-electron chi connectivity index (χ4n) is 2.68. The number of halogens is 3. The summed E-state index contributed by atoms with van der Waals surface area (Å²) >= 11 is 0. The number of ether oxygens (including phenoxy) is 1. The third-order valence-electron chi connectivity index (χ3n) is 4.41. The van der Waals surface area contributed by atoms with Gasteiger partial charge in [-0.1, -0.05) is 6.92 Å². The fourth-order valence-corrected chi connectivity index (χ4v) is 2.68. The third-order valence-corrected chi connectivity index (χ3v) is 4.41. The predicted octanol–water partition coefficient (Wildman–Crippen LogP) is 3.26. The van der Waals surface area contributed by atoms with Crippen molar-refractivity contribution in [1.82, 2.24) is 15.3 Å². The topological polar surface area (TPSA) is 93.2 Å². The van der Waals surface area contributed by atoms with Gasteiger partial charge in [-0.05, 0) is 43.0 Å². The number of anilines is 1. The van der Waals surface area contributed by atoms with Crippen LogP contribution in [0.25, 0.3) is 0 Å². The van der Waals surface area contributed by atoms with Crippen LogP contribution in [0, 0.1) is 5.92 Å². The highest BCUT2D eigenvalue weighted by molar-refractivity contribution is 5.97. The molecule has 0 bridgehead atoms. The Hall–Kier alpha value is -3.17. The Bertz CT molecular complexity index is 930. The minimum Gasteiger partial charge on any atom is -0.468 e. The van der Waals surface area contributed by atoms with Gasteiger partial charge in [0.05, 0.1) is 0 Å². The lowest BCUT2D eigenvalue weighted by Gasteiger charge is -2.13. The molecular weight excluding hydrogens is 401 g/mol. The van der Waals surface area contributed by atoms with Crippen molar-refractivity contribution in [1.29, 1.82) is 0 Å². The van der Waals surface area contributed by atoms with Gasteiger partial charge in [0.15, 0.2) is 6.61 Å². The largest absolute Gasteiger partial charge is 0.468 e. The standard InChI is InChI=1S/C20H21F3N4O3/c1-2-13-7-12(10-26-19(13)30-11-20(21,22)23)9-25-17(28)15-5-6-24-16(8-15)27-18(29)14-3-4-14/h5-8,10,14H,2-4,9,11H2,1H3,(H,25,28)(H,24,27,29). The summed E-state index contributed by atoms with van der Waals surface area (Å²) in [5, 5.41) is 5.40. The van der Waals surface area contributed by atoms with Crippen molar-refractivity contribution in [3.63, 3.8) is 0 Å². The molecule has 1 aliphatic rings. The number of carbonyl (C=O) groups excluding carboxylic acids is 2. The Morgan fingerprint density at radius 1 is 1.23 bits per heavy atom. The smallest absolute Gasteiger partial charge is 0.422 e. The van der Waals surface area contributed by atoms with Crippen LogP contribution in [0.5, 0.6) is 5.88 Å². The maximum atomic E-state index is 12.4. The first-order valence-electron chi connectivity index (χ1n) is 9.47. The molecule has 160 valence electrons. The first-order valence-corrected chi connectivity index (χ1v) is 9.47. The molecule has 3 rings (SSSR count). The van der Waals surface area contributed by atoms with Crippen molar-refractivity contribution in [2.45, 2.75) is 38.9 Å². The Balaban J connectivity index is 1.59. The molecule has 0 atom stereocenters. The van der Waals surface area contributed by atoms with E-state index in [1.165, 1.54) is 24.5 Å². The van der Waals surface area contributed by atoms with Gasteiger partial charge in [0, 0.05) is 36.0 Å². The monoisotopic (exact) mass is 422 g/mol. The van der Waals surface area contributed by atoms with E-state index >= 15 is 0 Å². The maximum Gasteiger partial charge on any atom is 0.422 e. The zero-order valence-corrected chi connectivity index (χ0v) is 16.3. The number of aromatic nitrogens is 2. The minimum atomic E-state index is -4.44. The Labute approximate surface area is 171 Å². The first-order chi connectivity index (χ1) is 14.2. The van der Waals surface area contributed by atoms with Crippen LogP contribution in [0.3, 0.4) is 0 Å². The van der Waals surface area contributed by atoms with E-state index in [0.29, 0.717) is 28.9 Å². The minimum absolute atomic E-state index is 0.0210. The molecule has 1 aliphatic carbocycles. The molecule has 2 N–H and O–H groups in total. The zero-order chi connectivity index (χ0) is 21.7. The molecule has 0 aromatic carbocycles. The van der Waals surface area contributed by atoms with Gasteiger partial charge in [0.2, 0.25) is 11.8 Å². The number of hydrogen-bond acceptors (Lipinski definition) is 5. The molecule has 2 aromatic rings. The van der Waals surface area contributed by atoms with Crippen LogP contribution in [0.4, 0.5) is 19.0 Å². The summed E-state index contributed by atoms with van der Waals surface area (Å²) in [4.78, 5) is 32.2. The second-order valence-electron chi connectivity index (χ2n) is 6.94. The molecular formula is C20H21F3N4O3. The van der Waals surface area contributed by atoms with Crippen molar-refractivity contribution < 1.29 is 27.5 Å². The number of pyridine rings is 2. The molecule has 0 spiro atoms.